The van der Waals surface area contributed by atoms with E-state index in [9.17, 15) is 19.2 Å². The first-order chi connectivity index (χ1) is 16.8. The van der Waals surface area contributed by atoms with Crippen LogP contribution in [0.5, 0.6) is 0 Å². The van der Waals surface area contributed by atoms with E-state index in [0.29, 0.717) is 0 Å². The lowest BCUT2D eigenvalue weighted by Crippen LogP contribution is -2.48. The second-order valence-electron chi connectivity index (χ2n) is 9.01. The standard InChI is InChI=1S/C26H22Cl2N2O5/c27-17-7-4-8-18(23(17)28)29-20(31)13-35-26(34)19(11-14-5-2-1-3-6-14)30-24(32)21-15-9-10-16(12-15)22(21)25(30)33/h1-10,15-16,19,21-22H,11-13H2,(H,29,31)/t15-,16-,19+,21-,22+/m0/s1. The van der Waals surface area contributed by atoms with Crippen molar-refractivity contribution in [3.63, 3.8) is 0 Å². The third kappa shape index (κ3) is 4.34. The van der Waals surface area contributed by atoms with Crippen molar-refractivity contribution in [2.75, 3.05) is 11.9 Å². The quantitative estimate of drug-likeness (QED) is 0.345. The van der Waals surface area contributed by atoms with E-state index in [-0.39, 0.29) is 45.8 Å². The summed E-state index contributed by atoms with van der Waals surface area (Å²) in [6, 6.07) is 12.7. The molecule has 5 atom stereocenters. The van der Waals surface area contributed by atoms with Gasteiger partial charge in [-0.3, -0.25) is 19.3 Å². The molecule has 1 saturated heterocycles. The summed E-state index contributed by atoms with van der Waals surface area (Å²) in [4.78, 5) is 53.3. The predicted octanol–water partition coefficient (Wildman–Crippen LogP) is 3.89. The molecule has 1 saturated carbocycles. The molecular formula is C26H22Cl2N2O5. The summed E-state index contributed by atoms with van der Waals surface area (Å²) in [5.74, 6) is -2.95. The zero-order valence-corrected chi connectivity index (χ0v) is 20.0. The number of hydrogen-bond acceptors (Lipinski definition) is 5. The zero-order valence-electron chi connectivity index (χ0n) is 18.5. The van der Waals surface area contributed by atoms with Crippen LogP contribution in [0.1, 0.15) is 12.0 Å². The number of benzene rings is 2. The lowest BCUT2D eigenvalue weighted by atomic mass is 9.85. The van der Waals surface area contributed by atoms with Crippen LogP contribution in [0.25, 0.3) is 0 Å². The number of rotatable bonds is 7. The normalized spacial score (nSPS) is 25.0. The summed E-state index contributed by atoms with van der Waals surface area (Å²) < 4.78 is 5.29. The van der Waals surface area contributed by atoms with Crippen LogP contribution in [0.4, 0.5) is 5.69 Å². The van der Waals surface area contributed by atoms with Crippen molar-refractivity contribution in [1.82, 2.24) is 4.90 Å². The van der Waals surface area contributed by atoms with Gasteiger partial charge in [-0.2, -0.15) is 0 Å². The Kier molecular flexibility index (Phi) is 6.38. The van der Waals surface area contributed by atoms with Crippen LogP contribution in [0, 0.1) is 23.7 Å². The minimum absolute atomic E-state index is 0.0214. The van der Waals surface area contributed by atoms with Crippen LogP contribution in [-0.2, 0) is 30.3 Å². The van der Waals surface area contributed by atoms with Crippen LogP contribution in [0.3, 0.4) is 0 Å². The number of nitrogens with one attached hydrogen (secondary N) is 1. The number of anilines is 1. The lowest BCUT2D eigenvalue weighted by Gasteiger charge is -2.26. The van der Waals surface area contributed by atoms with Gasteiger partial charge >= 0.3 is 5.97 Å². The number of amides is 3. The molecule has 1 heterocycles. The molecule has 1 N–H and O–H groups in total. The molecule has 0 spiro atoms. The summed E-state index contributed by atoms with van der Waals surface area (Å²) in [5, 5.41) is 2.98. The van der Waals surface area contributed by atoms with Gasteiger partial charge in [0, 0.05) is 6.42 Å². The van der Waals surface area contributed by atoms with E-state index in [4.69, 9.17) is 27.9 Å². The molecular weight excluding hydrogens is 491 g/mol. The minimum Gasteiger partial charge on any atom is -0.454 e. The van der Waals surface area contributed by atoms with Crippen LogP contribution < -0.4 is 5.32 Å². The van der Waals surface area contributed by atoms with Crippen molar-refractivity contribution in [3.05, 3.63) is 76.3 Å². The molecule has 3 aliphatic rings. The highest BCUT2D eigenvalue weighted by atomic mass is 35.5. The number of fused-ring (bicyclic) bond motifs is 5. The zero-order chi connectivity index (χ0) is 24.7. The predicted molar refractivity (Wildman–Crippen MR) is 130 cm³/mol. The summed E-state index contributed by atoms with van der Waals surface area (Å²) in [7, 11) is 0. The fourth-order valence-corrected chi connectivity index (χ4v) is 5.72. The smallest absolute Gasteiger partial charge is 0.330 e. The molecule has 0 radical (unpaired) electrons. The molecule has 2 fully saturated rings. The number of nitrogens with zero attached hydrogens (tertiary/aromatic N) is 1. The number of carbonyl (C=O) groups is 4. The molecule has 9 heteroatoms. The Morgan fingerprint density at radius 2 is 1.63 bits per heavy atom. The second-order valence-corrected chi connectivity index (χ2v) is 9.79. The summed E-state index contributed by atoms with van der Waals surface area (Å²) >= 11 is 12.1. The topological polar surface area (TPSA) is 92.8 Å². The highest BCUT2D eigenvalue weighted by molar-refractivity contribution is 6.44. The van der Waals surface area contributed by atoms with Gasteiger partial charge in [0.05, 0.1) is 27.6 Å². The molecule has 1 aliphatic heterocycles. The number of hydrogen-bond donors (Lipinski definition) is 1. The van der Waals surface area contributed by atoms with E-state index in [1.165, 1.54) is 0 Å². The molecule has 35 heavy (non-hydrogen) atoms. The molecule has 5 rings (SSSR count). The molecule has 2 bridgehead atoms. The van der Waals surface area contributed by atoms with E-state index in [1.54, 1.807) is 18.2 Å². The van der Waals surface area contributed by atoms with Gasteiger partial charge in [0.1, 0.15) is 6.04 Å². The van der Waals surface area contributed by atoms with Gasteiger partial charge in [0.15, 0.2) is 6.61 Å². The first-order valence-corrected chi connectivity index (χ1v) is 12.1. The van der Waals surface area contributed by atoms with Crippen LogP contribution >= 0.6 is 23.2 Å². The molecule has 0 unspecified atom stereocenters. The average Bonchev–Trinajstić information content (AvgIpc) is 3.53. The molecule has 2 aromatic carbocycles. The summed E-state index contributed by atoms with van der Waals surface area (Å²) in [6.07, 6.45) is 4.88. The number of imide groups is 1. The van der Waals surface area contributed by atoms with Crippen molar-refractivity contribution in [1.29, 1.82) is 0 Å². The largest absolute Gasteiger partial charge is 0.454 e. The molecule has 2 aromatic rings. The Labute approximate surface area is 212 Å². The van der Waals surface area contributed by atoms with Crippen molar-refractivity contribution in [3.8, 4) is 0 Å². The number of halogens is 2. The van der Waals surface area contributed by atoms with Crippen LogP contribution in [0.2, 0.25) is 10.0 Å². The van der Waals surface area contributed by atoms with Gasteiger partial charge in [-0.25, -0.2) is 4.79 Å². The Hall–Kier alpha value is -3.16. The van der Waals surface area contributed by atoms with Gasteiger partial charge in [0.2, 0.25) is 11.8 Å². The van der Waals surface area contributed by atoms with Gasteiger partial charge in [-0.1, -0.05) is 71.8 Å². The summed E-state index contributed by atoms with van der Waals surface area (Å²) in [5.41, 5.74) is 1.05. The van der Waals surface area contributed by atoms with Gasteiger partial charge in [-0.05, 0) is 36.0 Å². The van der Waals surface area contributed by atoms with Crippen molar-refractivity contribution in [2.45, 2.75) is 18.9 Å². The van der Waals surface area contributed by atoms with Crippen LogP contribution in [-0.4, -0.2) is 41.2 Å². The Bertz CT molecular complexity index is 1200. The highest BCUT2D eigenvalue weighted by Crippen LogP contribution is 2.53. The third-order valence-electron chi connectivity index (χ3n) is 6.93. The number of carbonyl (C=O) groups excluding carboxylic acids is 4. The minimum atomic E-state index is -1.16. The second kappa shape index (κ2) is 9.47. The average molecular weight is 513 g/mol. The Morgan fingerprint density at radius 1 is 0.971 bits per heavy atom. The fraction of sp³-hybridized carbons (Fsp3) is 0.308. The van der Waals surface area contributed by atoms with E-state index >= 15 is 0 Å². The van der Waals surface area contributed by atoms with Crippen molar-refractivity contribution >= 4 is 52.6 Å². The van der Waals surface area contributed by atoms with Crippen molar-refractivity contribution in [2.24, 2.45) is 23.7 Å². The number of likely N-dealkylation sites (tertiary alicyclic amines) is 1. The maximum Gasteiger partial charge on any atom is 0.330 e. The SMILES string of the molecule is O=C(COC(=O)[C@@H](Cc1ccccc1)N1C(=O)[C@@H]2[C@H](C1=O)[C@H]1C=C[C@H]2C1)Nc1cccc(Cl)c1Cl. The van der Waals surface area contributed by atoms with Gasteiger partial charge < -0.3 is 10.1 Å². The Morgan fingerprint density at radius 3 is 2.29 bits per heavy atom. The first kappa shape index (κ1) is 23.6. The molecule has 0 aromatic heterocycles. The van der Waals surface area contributed by atoms with E-state index in [1.807, 2.05) is 42.5 Å². The maximum absolute atomic E-state index is 13.3. The number of allylic oxidation sites excluding steroid dienone is 2. The molecule has 3 amide bonds. The fourth-order valence-electron chi connectivity index (χ4n) is 5.37. The van der Waals surface area contributed by atoms with E-state index < -0.39 is 36.4 Å². The van der Waals surface area contributed by atoms with Crippen LogP contribution in [0.15, 0.2) is 60.7 Å². The van der Waals surface area contributed by atoms with Gasteiger partial charge in [-0.15, -0.1) is 0 Å². The molecule has 2 aliphatic carbocycles. The number of ether oxygens (including phenoxy) is 1. The van der Waals surface area contributed by atoms with Crippen molar-refractivity contribution < 1.29 is 23.9 Å². The maximum atomic E-state index is 13.3. The first-order valence-electron chi connectivity index (χ1n) is 11.3. The summed E-state index contributed by atoms with van der Waals surface area (Å²) in [6.45, 7) is -0.608. The van der Waals surface area contributed by atoms with Gasteiger partial charge in [0.25, 0.3) is 5.91 Å². The monoisotopic (exact) mass is 512 g/mol. The molecule has 7 nitrogen and oxygen atoms in total. The number of esters is 1. The van der Waals surface area contributed by atoms with E-state index in [2.05, 4.69) is 5.32 Å². The van der Waals surface area contributed by atoms with E-state index in [0.717, 1.165) is 16.9 Å². The highest BCUT2D eigenvalue weighted by Gasteiger charge is 2.61. The molecule has 180 valence electrons. The Balaban J connectivity index is 1.32. The lowest BCUT2D eigenvalue weighted by molar-refractivity contribution is -0.160. The third-order valence-corrected chi connectivity index (χ3v) is 7.75.